The Hall–Kier alpha value is -0.320. The topological polar surface area (TPSA) is 12.9 Å². The van der Waals surface area contributed by atoms with Gasteiger partial charge in [0.25, 0.3) is 0 Å². The van der Waals surface area contributed by atoms with Gasteiger partial charge in [0.15, 0.2) is 0 Å². The van der Waals surface area contributed by atoms with Crippen LogP contribution in [0.3, 0.4) is 0 Å². The van der Waals surface area contributed by atoms with E-state index in [0.717, 1.165) is 16.5 Å². The van der Waals surface area contributed by atoms with Gasteiger partial charge in [-0.1, -0.05) is 0 Å². The second-order valence-corrected chi connectivity index (χ2v) is 6.46. The fourth-order valence-electron chi connectivity index (χ4n) is 1.45. The normalized spacial score (nSPS) is 10.7. The van der Waals surface area contributed by atoms with Crippen LogP contribution in [-0.4, -0.2) is 4.98 Å². The van der Waals surface area contributed by atoms with Gasteiger partial charge in [-0.3, -0.25) is 0 Å². The van der Waals surface area contributed by atoms with Gasteiger partial charge in [-0.25, -0.2) is 4.98 Å². The average Bonchev–Trinajstić information content (AvgIpc) is 2.59. The largest absolute Gasteiger partial charge is 0.247 e. The predicted octanol–water partition coefficient (Wildman–Crippen LogP) is 4.81. The van der Waals surface area contributed by atoms with Crippen molar-refractivity contribution in [3.63, 3.8) is 0 Å². The first-order chi connectivity index (χ1) is 7.65. The number of hydrogen-bond donors (Lipinski definition) is 0. The van der Waals surface area contributed by atoms with E-state index in [9.17, 15) is 0 Å². The van der Waals surface area contributed by atoms with Crippen molar-refractivity contribution < 1.29 is 0 Å². The molecule has 0 amide bonds. The molecule has 4 heteroatoms. The van der Waals surface area contributed by atoms with Gasteiger partial charge in [-0.05, 0) is 58.9 Å². The lowest BCUT2D eigenvalue weighted by molar-refractivity contribution is 1.05. The fraction of sp³-hybridized carbons (Fsp3) is 0.250. The molecule has 1 nitrogen and oxygen atoms in total. The Morgan fingerprint density at radius 2 is 2.19 bits per heavy atom. The zero-order chi connectivity index (χ0) is 11.5. The number of pyridine rings is 1. The summed E-state index contributed by atoms with van der Waals surface area (Å²) in [6.07, 6.45) is 0. The van der Waals surface area contributed by atoms with Crippen molar-refractivity contribution in [2.24, 2.45) is 0 Å². The van der Waals surface area contributed by atoms with Gasteiger partial charge in [0, 0.05) is 20.8 Å². The van der Waals surface area contributed by atoms with Gasteiger partial charge in [-0.2, -0.15) is 0 Å². The van der Waals surface area contributed by atoms with E-state index in [-0.39, 0.29) is 0 Å². The van der Waals surface area contributed by atoms with Crippen LogP contribution < -0.4 is 0 Å². The van der Waals surface area contributed by atoms with Gasteiger partial charge in [0.05, 0.1) is 5.03 Å². The van der Waals surface area contributed by atoms with Gasteiger partial charge in [0.1, 0.15) is 0 Å². The van der Waals surface area contributed by atoms with Crippen molar-refractivity contribution in [1.82, 2.24) is 4.98 Å². The molecular formula is C12H12BrNS2. The molecule has 0 N–H and O–H groups in total. The Morgan fingerprint density at radius 3 is 2.81 bits per heavy atom. The number of hydrogen-bond acceptors (Lipinski definition) is 3. The maximum Gasteiger partial charge on any atom is 0.0969 e. The minimum absolute atomic E-state index is 0.980. The third kappa shape index (κ3) is 3.09. The third-order valence-electron chi connectivity index (χ3n) is 2.12. The molecule has 2 aromatic heterocycles. The number of aromatic nitrogens is 1. The molecule has 0 atom stereocenters. The van der Waals surface area contributed by atoms with E-state index < -0.39 is 0 Å². The Bertz CT molecular complexity index is 473. The highest BCUT2D eigenvalue weighted by atomic mass is 79.9. The Morgan fingerprint density at radius 1 is 1.38 bits per heavy atom. The first kappa shape index (κ1) is 12.1. The second kappa shape index (κ2) is 5.34. The molecule has 2 heterocycles. The zero-order valence-electron chi connectivity index (χ0n) is 9.16. The molecule has 0 aliphatic carbocycles. The molecule has 84 valence electrons. The summed E-state index contributed by atoms with van der Waals surface area (Å²) < 4.78 is 1.20. The molecule has 0 aliphatic rings. The summed E-state index contributed by atoms with van der Waals surface area (Å²) in [6.45, 7) is 4.15. The molecule has 0 saturated carbocycles. The minimum atomic E-state index is 0.980. The highest BCUT2D eigenvalue weighted by molar-refractivity contribution is 9.10. The molecule has 16 heavy (non-hydrogen) atoms. The van der Waals surface area contributed by atoms with Gasteiger partial charge >= 0.3 is 0 Å². The molecule has 0 radical (unpaired) electrons. The van der Waals surface area contributed by atoms with Crippen molar-refractivity contribution in [2.45, 2.75) is 24.6 Å². The maximum absolute atomic E-state index is 4.52. The Balaban J connectivity index is 2.07. The number of halogens is 1. The van der Waals surface area contributed by atoms with Crippen molar-refractivity contribution >= 4 is 39.0 Å². The van der Waals surface area contributed by atoms with Gasteiger partial charge in [0.2, 0.25) is 0 Å². The summed E-state index contributed by atoms with van der Waals surface area (Å²) in [6, 6.07) is 6.33. The summed E-state index contributed by atoms with van der Waals surface area (Å²) in [5, 5.41) is 3.22. The second-order valence-electron chi connectivity index (χ2n) is 3.60. The van der Waals surface area contributed by atoms with Crippen LogP contribution in [0.25, 0.3) is 0 Å². The van der Waals surface area contributed by atoms with Crippen LogP contribution in [0.4, 0.5) is 0 Å². The van der Waals surface area contributed by atoms with Crippen LogP contribution in [0.2, 0.25) is 0 Å². The third-order valence-corrected chi connectivity index (χ3v) is 5.16. The van der Waals surface area contributed by atoms with Gasteiger partial charge in [-0.15, -0.1) is 23.1 Å². The molecule has 2 aromatic rings. The lowest BCUT2D eigenvalue weighted by Gasteiger charge is -2.03. The molecule has 0 saturated heterocycles. The first-order valence-corrected chi connectivity index (χ1v) is 7.61. The van der Waals surface area contributed by atoms with Crippen LogP contribution in [0.5, 0.6) is 0 Å². The van der Waals surface area contributed by atoms with Crippen LogP contribution in [0.1, 0.15) is 16.1 Å². The summed E-state index contributed by atoms with van der Waals surface area (Å²) in [5.41, 5.74) is 2.37. The summed E-state index contributed by atoms with van der Waals surface area (Å²) >= 11 is 7.12. The lowest BCUT2D eigenvalue weighted by Crippen LogP contribution is -1.87. The monoisotopic (exact) mass is 313 g/mol. The lowest BCUT2D eigenvalue weighted by atomic mass is 10.3. The van der Waals surface area contributed by atoms with Crippen LogP contribution in [-0.2, 0) is 5.75 Å². The minimum Gasteiger partial charge on any atom is -0.247 e. The molecule has 0 spiro atoms. The maximum atomic E-state index is 4.52. The SMILES string of the molecule is Cc1cc(C)nc(SCc2sccc2Br)c1. The summed E-state index contributed by atoms with van der Waals surface area (Å²) in [5.74, 6) is 0.980. The number of aryl methyl sites for hydroxylation is 2. The molecule has 0 aromatic carbocycles. The van der Waals surface area contributed by atoms with E-state index in [2.05, 4.69) is 51.4 Å². The number of rotatable bonds is 3. The average molecular weight is 314 g/mol. The molecule has 0 fully saturated rings. The quantitative estimate of drug-likeness (QED) is 0.754. The van der Waals surface area contributed by atoms with E-state index in [4.69, 9.17) is 0 Å². The van der Waals surface area contributed by atoms with Crippen LogP contribution in [0.15, 0.2) is 33.1 Å². The van der Waals surface area contributed by atoms with Crippen molar-refractivity contribution in [3.05, 3.63) is 44.2 Å². The van der Waals surface area contributed by atoms with E-state index in [1.165, 1.54) is 14.9 Å². The fourth-order valence-corrected chi connectivity index (χ4v) is 4.27. The summed E-state index contributed by atoms with van der Waals surface area (Å²) in [4.78, 5) is 5.88. The first-order valence-electron chi connectivity index (χ1n) is 4.95. The Labute approximate surface area is 112 Å². The van der Waals surface area contributed by atoms with Crippen molar-refractivity contribution in [3.8, 4) is 0 Å². The van der Waals surface area contributed by atoms with Crippen LogP contribution >= 0.6 is 39.0 Å². The molecule has 0 unspecified atom stereocenters. The smallest absolute Gasteiger partial charge is 0.0969 e. The number of thioether (sulfide) groups is 1. The Kier molecular flexibility index (Phi) is 4.05. The van der Waals surface area contributed by atoms with Crippen molar-refractivity contribution in [1.29, 1.82) is 0 Å². The standard InChI is InChI=1S/C12H12BrNS2/c1-8-5-9(2)14-12(6-8)16-7-11-10(13)3-4-15-11/h3-6H,7H2,1-2H3. The summed E-state index contributed by atoms with van der Waals surface area (Å²) in [7, 11) is 0. The molecule has 0 bridgehead atoms. The van der Waals surface area contributed by atoms with Crippen LogP contribution in [0, 0.1) is 13.8 Å². The highest BCUT2D eigenvalue weighted by Gasteiger charge is 2.04. The van der Waals surface area contributed by atoms with Gasteiger partial charge < -0.3 is 0 Å². The van der Waals surface area contributed by atoms with E-state index >= 15 is 0 Å². The van der Waals surface area contributed by atoms with E-state index in [1.54, 1.807) is 23.1 Å². The number of thiophene rings is 1. The predicted molar refractivity (Wildman–Crippen MR) is 75.3 cm³/mol. The van der Waals surface area contributed by atoms with E-state index in [0.29, 0.717) is 0 Å². The van der Waals surface area contributed by atoms with E-state index in [1.807, 2.05) is 6.92 Å². The number of nitrogens with zero attached hydrogens (tertiary/aromatic N) is 1. The zero-order valence-corrected chi connectivity index (χ0v) is 12.4. The van der Waals surface area contributed by atoms with Crippen molar-refractivity contribution in [2.75, 3.05) is 0 Å². The molecule has 2 rings (SSSR count). The molecular weight excluding hydrogens is 302 g/mol. The highest BCUT2D eigenvalue weighted by Crippen LogP contribution is 2.30. The molecule has 0 aliphatic heterocycles.